The average molecular weight is 306 g/mol. The summed E-state index contributed by atoms with van der Waals surface area (Å²) in [5, 5.41) is 0. The van der Waals surface area contributed by atoms with Gasteiger partial charge in [-0.1, -0.05) is 90.4 Å². The van der Waals surface area contributed by atoms with Gasteiger partial charge in [-0.2, -0.15) is 8.42 Å². The molecule has 0 heterocycles. The molecule has 0 aliphatic carbocycles. The van der Waals surface area contributed by atoms with Crippen molar-refractivity contribution < 1.29 is 13.0 Å². The molecule has 0 bridgehead atoms. The summed E-state index contributed by atoms with van der Waals surface area (Å²) in [6.45, 7) is 3.85. The second-order valence-electron chi connectivity index (χ2n) is 5.74. The second kappa shape index (κ2) is 13.9. The maximum absolute atomic E-state index is 10.5. The van der Waals surface area contributed by atoms with Crippen molar-refractivity contribution in [2.45, 2.75) is 89.9 Å². The smallest absolute Gasteiger partial charge is 0.264 e. The topological polar surface area (TPSA) is 54.4 Å². The fourth-order valence-electron chi connectivity index (χ4n) is 2.41. The minimum Gasteiger partial charge on any atom is -0.286 e. The Morgan fingerprint density at radius 1 is 0.600 bits per heavy atom. The molecule has 0 aromatic heterocycles. The van der Waals surface area contributed by atoms with Gasteiger partial charge in [0.2, 0.25) is 0 Å². The van der Waals surface area contributed by atoms with Gasteiger partial charge in [-0.15, -0.1) is 0 Å². The van der Waals surface area contributed by atoms with E-state index in [4.69, 9.17) is 4.55 Å². The molecule has 4 heteroatoms. The van der Waals surface area contributed by atoms with Crippen LogP contribution in [0.15, 0.2) is 0 Å². The van der Waals surface area contributed by atoms with Gasteiger partial charge in [0.15, 0.2) is 0 Å². The molecule has 3 nitrogen and oxygen atoms in total. The van der Waals surface area contributed by atoms with E-state index in [2.05, 4.69) is 6.92 Å². The van der Waals surface area contributed by atoms with E-state index in [1.807, 2.05) is 0 Å². The highest BCUT2D eigenvalue weighted by molar-refractivity contribution is 7.85. The van der Waals surface area contributed by atoms with Crippen LogP contribution in [-0.2, 0) is 10.1 Å². The van der Waals surface area contributed by atoms with E-state index >= 15 is 0 Å². The molecule has 1 N–H and O–H groups in total. The zero-order valence-electron chi connectivity index (χ0n) is 13.0. The van der Waals surface area contributed by atoms with Crippen LogP contribution in [0.4, 0.5) is 0 Å². The molecule has 0 aliphatic rings. The highest BCUT2D eigenvalue weighted by atomic mass is 32.2. The van der Waals surface area contributed by atoms with Gasteiger partial charge in [-0.3, -0.25) is 4.55 Å². The molecule has 1 radical (unpaired) electrons. The molecule has 0 saturated heterocycles. The number of hydrogen-bond acceptors (Lipinski definition) is 2. The van der Waals surface area contributed by atoms with Crippen molar-refractivity contribution in [3.63, 3.8) is 0 Å². The number of unbranched alkanes of at least 4 members (excludes halogenated alkanes) is 13. The first-order chi connectivity index (χ1) is 9.56. The van der Waals surface area contributed by atoms with Gasteiger partial charge in [0.05, 0.1) is 5.75 Å². The summed E-state index contributed by atoms with van der Waals surface area (Å²) >= 11 is 0. The number of hydrogen-bond donors (Lipinski definition) is 1. The lowest BCUT2D eigenvalue weighted by Gasteiger charge is -2.03. The van der Waals surface area contributed by atoms with Crippen LogP contribution in [0.2, 0.25) is 0 Å². The third-order valence-corrected chi connectivity index (χ3v) is 4.46. The Morgan fingerprint density at radius 2 is 0.900 bits per heavy atom. The summed E-state index contributed by atoms with van der Waals surface area (Å²) < 4.78 is 29.6. The molecule has 0 aromatic rings. The minimum absolute atomic E-state index is 0.0822. The predicted molar refractivity (Wildman–Crippen MR) is 86.4 cm³/mol. The molecular formula is C16H33O3S. The van der Waals surface area contributed by atoms with E-state index < -0.39 is 10.1 Å². The van der Waals surface area contributed by atoms with Crippen LogP contribution in [0.1, 0.15) is 89.9 Å². The quantitative estimate of drug-likeness (QED) is 0.335. The van der Waals surface area contributed by atoms with Gasteiger partial charge in [-0.25, -0.2) is 0 Å². The van der Waals surface area contributed by atoms with E-state index in [-0.39, 0.29) is 5.75 Å². The zero-order chi connectivity index (χ0) is 15.1. The molecule has 0 fully saturated rings. The van der Waals surface area contributed by atoms with Crippen molar-refractivity contribution in [1.82, 2.24) is 0 Å². The van der Waals surface area contributed by atoms with E-state index in [1.54, 1.807) is 0 Å². The fourth-order valence-corrected chi connectivity index (χ4v) is 2.97. The van der Waals surface area contributed by atoms with Crippen molar-refractivity contribution in [2.24, 2.45) is 0 Å². The third kappa shape index (κ3) is 17.9. The molecule has 0 atom stereocenters. The van der Waals surface area contributed by atoms with E-state index in [0.29, 0.717) is 6.42 Å². The van der Waals surface area contributed by atoms with Crippen molar-refractivity contribution >= 4 is 10.1 Å². The van der Waals surface area contributed by atoms with Gasteiger partial charge in [0, 0.05) is 0 Å². The summed E-state index contributed by atoms with van der Waals surface area (Å²) in [7, 11) is -3.74. The molecular weight excluding hydrogens is 272 g/mol. The lowest BCUT2D eigenvalue weighted by atomic mass is 10.0. The summed E-state index contributed by atoms with van der Waals surface area (Å²) in [5.41, 5.74) is 0. The third-order valence-electron chi connectivity index (χ3n) is 3.65. The summed E-state index contributed by atoms with van der Waals surface area (Å²) in [4.78, 5) is 0. The van der Waals surface area contributed by atoms with E-state index in [0.717, 1.165) is 19.3 Å². The van der Waals surface area contributed by atoms with Gasteiger partial charge in [-0.05, 0) is 6.42 Å². The van der Waals surface area contributed by atoms with Crippen molar-refractivity contribution in [2.75, 3.05) is 5.75 Å². The lowest BCUT2D eigenvalue weighted by molar-refractivity contribution is 0.478. The molecule has 0 amide bonds. The Kier molecular flexibility index (Phi) is 13.8. The highest BCUT2D eigenvalue weighted by Gasteiger charge is 2.02. The Bertz CT molecular complexity index is 286. The molecule has 0 rings (SSSR count). The largest absolute Gasteiger partial charge is 0.286 e. The normalized spacial score (nSPS) is 11.9. The standard InChI is InChI=1S/C16H33O3S/c1-2-3-4-5-6-7-8-9-10-11-12-13-14-15-16-20(17,18)19/h1-16H2,(H,17,18,19). The maximum Gasteiger partial charge on any atom is 0.264 e. The van der Waals surface area contributed by atoms with Gasteiger partial charge in [0.25, 0.3) is 10.1 Å². The van der Waals surface area contributed by atoms with Crippen LogP contribution in [0, 0.1) is 6.92 Å². The van der Waals surface area contributed by atoms with Crippen LogP contribution in [-0.4, -0.2) is 18.7 Å². The Hall–Kier alpha value is -0.0900. The first kappa shape index (κ1) is 19.9. The van der Waals surface area contributed by atoms with Gasteiger partial charge in [0.1, 0.15) is 0 Å². The molecule has 0 aliphatic heterocycles. The second-order valence-corrected chi connectivity index (χ2v) is 7.31. The van der Waals surface area contributed by atoms with Crippen LogP contribution in [0.5, 0.6) is 0 Å². The summed E-state index contributed by atoms with van der Waals surface area (Å²) in [6.07, 6.45) is 16.8. The van der Waals surface area contributed by atoms with Gasteiger partial charge >= 0.3 is 0 Å². The summed E-state index contributed by atoms with van der Waals surface area (Å²) in [5.74, 6) is -0.0822. The average Bonchev–Trinajstić information content (AvgIpc) is 2.38. The Morgan fingerprint density at radius 3 is 1.20 bits per heavy atom. The molecule has 20 heavy (non-hydrogen) atoms. The maximum atomic E-state index is 10.5. The monoisotopic (exact) mass is 305 g/mol. The minimum atomic E-state index is -3.74. The van der Waals surface area contributed by atoms with E-state index in [1.165, 1.54) is 64.2 Å². The molecule has 0 aromatic carbocycles. The summed E-state index contributed by atoms with van der Waals surface area (Å²) in [6, 6.07) is 0. The van der Waals surface area contributed by atoms with Crippen molar-refractivity contribution in [3.05, 3.63) is 6.92 Å². The predicted octanol–water partition coefficient (Wildman–Crippen LogP) is 5.17. The van der Waals surface area contributed by atoms with Crippen LogP contribution < -0.4 is 0 Å². The SMILES string of the molecule is [CH2]CCCCCCCCCCCCCCCS(=O)(=O)O. The fraction of sp³-hybridized carbons (Fsp3) is 0.938. The van der Waals surface area contributed by atoms with Crippen LogP contribution in [0.3, 0.4) is 0 Å². The first-order valence-electron chi connectivity index (χ1n) is 8.30. The number of rotatable bonds is 15. The Balaban J connectivity index is 3.03. The van der Waals surface area contributed by atoms with Crippen molar-refractivity contribution in [1.29, 1.82) is 0 Å². The first-order valence-corrected chi connectivity index (χ1v) is 9.91. The molecule has 121 valence electrons. The molecule has 0 spiro atoms. The molecule has 0 unspecified atom stereocenters. The van der Waals surface area contributed by atoms with Crippen LogP contribution >= 0.6 is 0 Å². The zero-order valence-corrected chi connectivity index (χ0v) is 13.8. The molecule has 0 saturated carbocycles. The van der Waals surface area contributed by atoms with E-state index in [9.17, 15) is 8.42 Å². The van der Waals surface area contributed by atoms with Crippen LogP contribution in [0.25, 0.3) is 0 Å². The highest BCUT2D eigenvalue weighted by Crippen LogP contribution is 2.12. The lowest BCUT2D eigenvalue weighted by Crippen LogP contribution is -2.03. The van der Waals surface area contributed by atoms with Gasteiger partial charge < -0.3 is 0 Å². The van der Waals surface area contributed by atoms with Crippen molar-refractivity contribution in [3.8, 4) is 0 Å². The Labute approximate surface area is 126 Å².